The van der Waals surface area contributed by atoms with E-state index < -0.39 is 0 Å². The fourth-order valence-corrected chi connectivity index (χ4v) is 4.39. The molecule has 1 aromatic heterocycles. The number of halogens is 1. The third kappa shape index (κ3) is 5.80. The maximum Gasteiger partial charge on any atom is 0.255 e. The smallest absolute Gasteiger partial charge is 0.255 e. The Balaban J connectivity index is 1.24. The highest BCUT2D eigenvalue weighted by Crippen LogP contribution is 2.25. The molecule has 6 nitrogen and oxygen atoms in total. The Morgan fingerprint density at radius 3 is 2.63 bits per heavy atom. The topological polar surface area (TPSA) is 54.9 Å². The van der Waals surface area contributed by atoms with Crippen LogP contribution in [0, 0.1) is 5.92 Å². The summed E-state index contributed by atoms with van der Waals surface area (Å²) in [6, 6.07) is 11.1. The number of carbonyl (C=O) groups is 1. The number of rotatable bonds is 6. The summed E-state index contributed by atoms with van der Waals surface area (Å²) in [4.78, 5) is 21.6. The molecule has 0 N–H and O–H groups in total. The van der Waals surface area contributed by atoms with Crippen LogP contribution in [0.4, 0.5) is 0 Å². The van der Waals surface area contributed by atoms with Gasteiger partial charge in [0, 0.05) is 42.9 Å². The lowest BCUT2D eigenvalue weighted by Gasteiger charge is -2.34. The molecule has 30 heavy (non-hydrogen) atoms. The first-order valence-electron chi connectivity index (χ1n) is 10.7. The number of hydrogen-bond acceptors (Lipinski definition) is 5. The van der Waals surface area contributed by atoms with Crippen molar-refractivity contribution in [2.24, 2.45) is 5.92 Å². The molecule has 2 aliphatic rings. The molecule has 0 radical (unpaired) electrons. The normalized spacial score (nSPS) is 18.4. The highest BCUT2D eigenvalue weighted by molar-refractivity contribution is 9.10. The van der Waals surface area contributed by atoms with Crippen LogP contribution in [0.2, 0.25) is 0 Å². The average molecular weight is 474 g/mol. The van der Waals surface area contributed by atoms with Gasteiger partial charge in [-0.25, -0.2) is 4.98 Å². The van der Waals surface area contributed by atoms with Gasteiger partial charge in [-0.05, 0) is 56.0 Å². The van der Waals surface area contributed by atoms with Gasteiger partial charge in [-0.2, -0.15) is 0 Å². The minimum Gasteiger partial charge on any atom is -0.439 e. The number of morpholine rings is 1. The molecule has 1 aromatic carbocycles. The highest BCUT2D eigenvalue weighted by atomic mass is 79.9. The predicted molar refractivity (Wildman–Crippen MR) is 119 cm³/mol. The van der Waals surface area contributed by atoms with Crippen molar-refractivity contribution >= 4 is 21.8 Å². The van der Waals surface area contributed by atoms with Crippen molar-refractivity contribution in [2.75, 3.05) is 45.9 Å². The number of piperidine rings is 1. The molecular weight excluding hydrogens is 446 g/mol. The molecule has 160 valence electrons. The van der Waals surface area contributed by atoms with Crippen molar-refractivity contribution in [3.8, 4) is 11.6 Å². The molecule has 0 bridgehead atoms. The fraction of sp³-hybridized carbons (Fsp3) is 0.478. The molecule has 0 unspecified atom stereocenters. The van der Waals surface area contributed by atoms with Crippen molar-refractivity contribution in [1.29, 1.82) is 0 Å². The number of nitrogens with zero attached hydrogens (tertiary/aromatic N) is 3. The van der Waals surface area contributed by atoms with Crippen molar-refractivity contribution in [3.63, 3.8) is 0 Å². The first-order valence-corrected chi connectivity index (χ1v) is 11.5. The van der Waals surface area contributed by atoms with Crippen LogP contribution >= 0.6 is 15.9 Å². The van der Waals surface area contributed by atoms with Crippen LogP contribution in [0.3, 0.4) is 0 Å². The lowest BCUT2D eigenvalue weighted by molar-refractivity contribution is 0.0332. The van der Waals surface area contributed by atoms with Gasteiger partial charge in [0.1, 0.15) is 5.75 Å². The van der Waals surface area contributed by atoms with Crippen LogP contribution in [0.5, 0.6) is 11.6 Å². The third-order valence-electron chi connectivity index (χ3n) is 5.86. The van der Waals surface area contributed by atoms with E-state index in [9.17, 15) is 4.79 Å². The molecule has 0 atom stereocenters. The van der Waals surface area contributed by atoms with E-state index in [1.807, 2.05) is 29.2 Å². The summed E-state index contributed by atoms with van der Waals surface area (Å²) in [6.07, 6.45) is 4.98. The Hall–Kier alpha value is -1.96. The van der Waals surface area contributed by atoms with E-state index >= 15 is 0 Å². The Morgan fingerprint density at radius 2 is 1.93 bits per heavy atom. The number of pyridine rings is 1. The number of ether oxygens (including phenoxy) is 2. The van der Waals surface area contributed by atoms with Gasteiger partial charge in [-0.3, -0.25) is 9.69 Å². The second-order valence-corrected chi connectivity index (χ2v) is 8.84. The molecule has 0 spiro atoms. The van der Waals surface area contributed by atoms with Gasteiger partial charge in [0.05, 0.1) is 18.8 Å². The van der Waals surface area contributed by atoms with Crippen LogP contribution in [0.15, 0.2) is 47.1 Å². The third-order valence-corrected chi connectivity index (χ3v) is 6.35. The minimum atomic E-state index is 0.0585. The maximum absolute atomic E-state index is 12.8. The number of benzene rings is 1. The van der Waals surface area contributed by atoms with Gasteiger partial charge in [-0.1, -0.05) is 22.0 Å². The monoisotopic (exact) mass is 473 g/mol. The van der Waals surface area contributed by atoms with Crippen molar-refractivity contribution in [3.05, 3.63) is 52.6 Å². The second kappa shape index (κ2) is 10.4. The molecule has 2 fully saturated rings. The quantitative estimate of drug-likeness (QED) is 0.628. The largest absolute Gasteiger partial charge is 0.439 e. The van der Waals surface area contributed by atoms with Crippen molar-refractivity contribution in [2.45, 2.75) is 19.3 Å². The van der Waals surface area contributed by atoms with E-state index in [1.165, 1.54) is 6.42 Å². The molecule has 2 aromatic rings. The van der Waals surface area contributed by atoms with Gasteiger partial charge < -0.3 is 14.4 Å². The van der Waals surface area contributed by atoms with Gasteiger partial charge in [0.2, 0.25) is 5.88 Å². The van der Waals surface area contributed by atoms with Crippen LogP contribution in [0.1, 0.15) is 29.6 Å². The molecule has 2 aliphatic heterocycles. The van der Waals surface area contributed by atoms with Gasteiger partial charge in [0.25, 0.3) is 5.91 Å². The van der Waals surface area contributed by atoms with Crippen LogP contribution in [-0.4, -0.2) is 66.6 Å². The lowest BCUT2D eigenvalue weighted by atomic mass is 9.93. The zero-order valence-corrected chi connectivity index (χ0v) is 18.7. The van der Waals surface area contributed by atoms with E-state index in [4.69, 9.17) is 9.47 Å². The summed E-state index contributed by atoms with van der Waals surface area (Å²) in [7, 11) is 0. The number of aromatic nitrogens is 1. The van der Waals surface area contributed by atoms with E-state index in [0.29, 0.717) is 23.1 Å². The molecule has 2 saturated heterocycles. The van der Waals surface area contributed by atoms with Gasteiger partial charge in [0.15, 0.2) is 0 Å². The zero-order chi connectivity index (χ0) is 20.8. The predicted octanol–water partition coefficient (Wildman–Crippen LogP) is 4.21. The molecule has 7 heteroatoms. The molecular formula is C23H28BrN3O3. The zero-order valence-electron chi connectivity index (χ0n) is 17.1. The van der Waals surface area contributed by atoms with Crippen LogP contribution < -0.4 is 4.74 Å². The van der Waals surface area contributed by atoms with Gasteiger partial charge in [-0.15, -0.1) is 0 Å². The summed E-state index contributed by atoms with van der Waals surface area (Å²) in [5.74, 6) is 1.95. The van der Waals surface area contributed by atoms with Crippen molar-refractivity contribution < 1.29 is 14.3 Å². The Morgan fingerprint density at radius 1 is 1.13 bits per heavy atom. The van der Waals surface area contributed by atoms with Crippen molar-refractivity contribution in [1.82, 2.24) is 14.8 Å². The highest BCUT2D eigenvalue weighted by Gasteiger charge is 2.24. The van der Waals surface area contributed by atoms with E-state index in [-0.39, 0.29) is 5.91 Å². The summed E-state index contributed by atoms with van der Waals surface area (Å²) in [6.45, 7) is 6.59. The molecule has 4 rings (SSSR count). The number of amides is 1. The summed E-state index contributed by atoms with van der Waals surface area (Å²) < 4.78 is 12.1. The second-order valence-electron chi connectivity index (χ2n) is 7.92. The van der Waals surface area contributed by atoms with Gasteiger partial charge >= 0.3 is 0 Å². The first kappa shape index (κ1) is 21.3. The lowest BCUT2D eigenvalue weighted by Crippen LogP contribution is -2.40. The molecule has 0 saturated carbocycles. The van der Waals surface area contributed by atoms with Crippen LogP contribution in [0.25, 0.3) is 0 Å². The molecule has 1 amide bonds. The summed E-state index contributed by atoms with van der Waals surface area (Å²) in [5, 5.41) is 0. The number of likely N-dealkylation sites (tertiary alicyclic amines) is 1. The van der Waals surface area contributed by atoms with E-state index in [0.717, 1.165) is 63.3 Å². The Kier molecular flexibility index (Phi) is 7.36. The first-order chi connectivity index (χ1) is 14.7. The fourth-order valence-electron chi connectivity index (χ4n) is 4.02. The van der Waals surface area contributed by atoms with Crippen LogP contribution in [-0.2, 0) is 4.74 Å². The molecule has 0 aliphatic carbocycles. The Labute approximate surface area is 186 Å². The van der Waals surface area contributed by atoms with E-state index in [2.05, 4.69) is 25.8 Å². The molecule has 3 heterocycles. The SMILES string of the molecule is O=C(c1ccc(Oc2cccc(Br)c2)nc1)N1CCC(CCN2CCOCC2)CC1. The Bertz CT molecular complexity index is 832. The average Bonchev–Trinajstić information content (AvgIpc) is 2.79. The number of hydrogen-bond donors (Lipinski definition) is 0. The number of carbonyl (C=O) groups excluding carboxylic acids is 1. The maximum atomic E-state index is 12.8. The summed E-state index contributed by atoms with van der Waals surface area (Å²) in [5.41, 5.74) is 0.614. The minimum absolute atomic E-state index is 0.0585. The summed E-state index contributed by atoms with van der Waals surface area (Å²) >= 11 is 3.43. The standard InChI is InChI=1S/C23H28BrN3O3/c24-20-2-1-3-21(16-20)30-22-5-4-19(17-25-22)23(28)27-10-7-18(8-11-27)6-9-26-12-14-29-15-13-26/h1-5,16-18H,6-15H2. The van der Waals surface area contributed by atoms with E-state index in [1.54, 1.807) is 18.3 Å².